The lowest BCUT2D eigenvalue weighted by Crippen LogP contribution is -2.17. The van der Waals surface area contributed by atoms with Crippen molar-refractivity contribution in [3.05, 3.63) is 45.7 Å². The number of carbonyl (C=O) groups is 1. The summed E-state index contributed by atoms with van der Waals surface area (Å²) < 4.78 is 17.9. The summed E-state index contributed by atoms with van der Waals surface area (Å²) >= 11 is 6.47. The van der Waals surface area contributed by atoms with Gasteiger partial charge < -0.3 is 20.1 Å². The number of phosphoric acid groups is 1. The first-order chi connectivity index (χ1) is 15.9. The number of hydrogen-bond acceptors (Lipinski definition) is 3. The Balaban J connectivity index is 2.72. The molecule has 34 heavy (non-hydrogen) atoms. The molecule has 7 nitrogen and oxygen atoms in total. The molecule has 2 aromatic rings. The Morgan fingerprint density at radius 3 is 2.41 bits per heavy atom. The van der Waals surface area contributed by atoms with Crippen LogP contribution in [0.1, 0.15) is 74.3 Å². The van der Waals surface area contributed by atoms with E-state index < -0.39 is 13.7 Å². The third kappa shape index (κ3) is 7.69. The Morgan fingerprint density at radius 1 is 1.21 bits per heavy atom. The topological polar surface area (TPSA) is 115 Å². The lowest BCUT2D eigenvalue weighted by Gasteiger charge is -2.18. The van der Waals surface area contributed by atoms with Gasteiger partial charge >= 0.3 is 7.82 Å². The lowest BCUT2D eigenvalue weighted by molar-refractivity contribution is 0.0999. The Labute approximate surface area is 207 Å². The van der Waals surface area contributed by atoms with Gasteiger partial charge in [-0.25, -0.2) is 4.57 Å². The molecule has 1 atom stereocenters. The highest BCUT2D eigenvalue weighted by molar-refractivity contribution is 7.46. The van der Waals surface area contributed by atoms with Gasteiger partial charge in [0.1, 0.15) is 0 Å². The standard InChI is InChI=1S/C25H38ClN2O5P/c1-6-8-17(4)14-22-23(19-10-9-18(5)20(26)15-19)24(25(27)29)21(13-16(2)3)28(22)11-7-12-33-34(30,31)32/h9-10,15-17H,6-8,11-14H2,1-5H3,(H2,27,29)(H2,30,31,32). The molecule has 1 aromatic carbocycles. The predicted octanol–water partition coefficient (Wildman–Crippen LogP) is 5.89. The lowest BCUT2D eigenvalue weighted by atomic mass is 9.92. The second-order valence-electron chi connectivity index (χ2n) is 9.50. The highest BCUT2D eigenvalue weighted by Gasteiger charge is 2.28. The maximum atomic E-state index is 12.8. The van der Waals surface area contributed by atoms with E-state index in [1.165, 1.54) is 0 Å². The number of phosphoric ester groups is 1. The fourth-order valence-electron chi connectivity index (χ4n) is 4.46. The van der Waals surface area contributed by atoms with Gasteiger partial charge in [-0.15, -0.1) is 0 Å². The van der Waals surface area contributed by atoms with E-state index in [1.54, 1.807) is 0 Å². The number of aryl methyl sites for hydroxylation is 1. The highest BCUT2D eigenvalue weighted by atomic mass is 35.5. The number of nitrogens with two attached hydrogens (primary N) is 1. The molecule has 0 aliphatic carbocycles. The van der Waals surface area contributed by atoms with Gasteiger partial charge in [-0.2, -0.15) is 0 Å². The molecule has 0 fully saturated rings. The van der Waals surface area contributed by atoms with Gasteiger partial charge in [0.05, 0.1) is 12.2 Å². The minimum atomic E-state index is -4.54. The number of carbonyl (C=O) groups excluding carboxylic acids is 1. The molecule has 0 saturated carbocycles. The molecule has 0 saturated heterocycles. The van der Waals surface area contributed by atoms with Crippen LogP contribution in [0.5, 0.6) is 0 Å². The molecule has 9 heteroatoms. The van der Waals surface area contributed by atoms with E-state index in [4.69, 9.17) is 27.1 Å². The van der Waals surface area contributed by atoms with E-state index in [0.717, 1.165) is 47.3 Å². The average molecular weight is 513 g/mol. The zero-order valence-electron chi connectivity index (χ0n) is 20.8. The first-order valence-corrected chi connectivity index (χ1v) is 13.8. The summed E-state index contributed by atoms with van der Waals surface area (Å²) in [6.07, 6.45) is 3.85. The van der Waals surface area contributed by atoms with Crippen LogP contribution in [-0.4, -0.2) is 26.9 Å². The van der Waals surface area contributed by atoms with E-state index in [1.807, 2.05) is 25.1 Å². The van der Waals surface area contributed by atoms with Gasteiger partial charge in [-0.3, -0.25) is 9.32 Å². The van der Waals surface area contributed by atoms with Crippen LogP contribution in [-0.2, 0) is 28.5 Å². The van der Waals surface area contributed by atoms with E-state index >= 15 is 0 Å². The second kappa shape index (κ2) is 12.4. The van der Waals surface area contributed by atoms with Crippen LogP contribution in [0, 0.1) is 18.8 Å². The molecular formula is C25H38ClN2O5P. The van der Waals surface area contributed by atoms with Crippen LogP contribution in [0.15, 0.2) is 18.2 Å². The van der Waals surface area contributed by atoms with Crippen molar-refractivity contribution >= 4 is 25.3 Å². The summed E-state index contributed by atoms with van der Waals surface area (Å²) in [5, 5.41) is 0.619. The minimum absolute atomic E-state index is 0.0921. The molecule has 0 spiro atoms. The third-order valence-electron chi connectivity index (χ3n) is 5.90. The zero-order chi connectivity index (χ0) is 25.6. The van der Waals surface area contributed by atoms with Crippen molar-refractivity contribution in [2.75, 3.05) is 6.61 Å². The highest BCUT2D eigenvalue weighted by Crippen LogP contribution is 2.39. The molecule has 1 amide bonds. The number of hydrogen-bond donors (Lipinski definition) is 3. The van der Waals surface area contributed by atoms with Gasteiger partial charge in [0, 0.05) is 28.5 Å². The minimum Gasteiger partial charge on any atom is -0.366 e. The summed E-state index contributed by atoms with van der Waals surface area (Å²) in [7, 11) is -4.54. The molecule has 4 N–H and O–H groups in total. The van der Waals surface area contributed by atoms with Crippen LogP contribution in [0.3, 0.4) is 0 Å². The number of halogens is 1. The molecule has 0 aliphatic heterocycles. The number of benzene rings is 1. The predicted molar refractivity (Wildman–Crippen MR) is 137 cm³/mol. The molecule has 0 aliphatic rings. The fraction of sp³-hybridized carbons (Fsp3) is 0.560. The van der Waals surface area contributed by atoms with E-state index in [9.17, 15) is 9.36 Å². The van der Waals surface area contributed by atoms with Crippen LogP contribution in [0.25, 0.3) is 11.1 Å². The largest absolute Gasteiger partial charge is 0.469 e. The number of amides is 1. The monoisotopic (exact) mass is 512 g/mol. The van der Waals surface area contributed by atoms with Crippen molar-refractivity contribution in [1.82, 2.24) is 4.57 Å². The van der Waals surface area contributed by atoms with Gasteiger partial charge in [-0.05, 0) is 55.2 Å². The number of nitrogens with zero attached hydrogens (tertiary/aromatic N) is 1. The molecule has 0 radical (unpaired) electrons. The van der Waals surface area contributed by atoms with Gasteiger partial charge in [0.15, 0.2) is 0 Å². The molecular weight excluding hydrogens is 475 g/mol. The third-order valence-corrected chi connectivity index (χ3v) is 6.82. The first-order valence-electron chi connectivity index (χ1n) is 11.9. The summed E-state index contributed by atoms with van der Waals surface area (Å²) in [6, 6.07) is 5.79. The Morgan fingerprint density at radius 2 is 1.88 bits per heavy atom. The maximum Gasteiger partial charge on any atom is 0.469 e. The Kier molecular flexibility index (Phi) is 10.4. The van der Waals surface area contributed by atoms with E-state index in [0.29, 0.717) is 35.9 Å². The molecule has 1 aromatic heterocycles. The molecule has 0 bridgehead atoms. The quantitative estimate of drug-likeness (QED) is 0.228. The van der Waals surface area contributed by atoms with Gasteiger partial charge in [-0.1, -0.05) is 64.3 Å². The molecule has 190 valence electrons. The van der Waals surface area contributed by atoms with E-state index in [-0.39, 0.29) is 12.5 Å². The van der Waals surface area contributed by atoms with Gasteiger partial charge in [0.25, 0.3) is 5.91 Å². The second-order valence-corrected chi connectivity index (χ2v) is 11.1. The van der Waals surface area contributed by atoms with Crippen molar-refractivity contribution in [2.45, 2.75) is 73.3 Å². The van der Waals surface area contributed by atoms with E-state index in [2.05, 4.69) is 36.8 Å². The normalized spacial score (nSPS) is 13.0. The number of primary amides is 1. The summed E-state index contributed by atoms with van der Waals surface area (Å²) in [6.45, 7) is 10.8. The van der Waals surface area contributed by atoms with Crippen molar-refractivity contribution in [1.29, 1.82) is 0 Å². The van der Waals surface area contributed by atoms with Crippen LogP contribution < -0.4 is 5.73 Å². The van der Waals surface area contributed by atoms with Crippen LogP contribution >= 0.6 is 19.4 Å². The SMILES string of the molecule is CCCC(C)Cc1c(-c2ccc(C)c(Cl)c2)c(C(N)=O)c(CC(C)C)n1CCCOP(=O)(O)O. The summed E-state index contributed by atoms with van der Waals surface area (Å²) in [5.41, 5.74) is 10.9. The molecule has 1 heterocycles. The average Bonchev–Trinajstić information content (AvgIpc) is 2.99. The smallest absolute Gasteiger partial charge is 0.366 e. The zero-order valence-corrected chi connectivity index (χ0v) is 22.5. The van der Waals surface area contributed by atoms with Crippen molar-refractivity contribution in [2.24, 2.45) is 17.6 Å². The number of aromatic nitrogens is 1. The molecule has 2 rings (SSSR count). The Bertz CT molecular complexity index is 1040. The van der Waals surface area contributed by atoms with Crippen molar-refractivity contribution < 1.29 is 23.7 Å². The molecule has 1 unspecified atom stereocenters. The van der Waals surface area contributed by atoms with Gasteiger partial charge in [0.2, 0.25) is 0 Å². The Hall–Kier alpha value is -1.63. The number of rotatable bonds is 13. The van der Waals surface area contributed by atoms with Crippen molar-refractivity contribution in [3.8, 4) is 11.1 Å². The maximum absolute atomic E-state index is 12.8. The fourth-order valence-corrected chi connectivity index (χ4v) is 5.01. The summed E-state index contributed by atoms with van der Waals surface area (Å²) in [4.78, 5) is 30.9. The van der Waals surface area contributed by atoms with Crippen LogP contribution in [0.4, 0.5) is 0 Å². The van der Waals surface area contributed by atoms with Crippen LogP contribution in [0.2, 0.25) is 5.02 Å². The first kappa shape index (κ1) is 28.6. The van der Waals surface area contributed by atoms with Crippen molar-refractivity contribution in [3.63, 3.8) is 0 Å². The summed E-state index contributed by atoms with van der Waals surface area (Å²) in [5.74, 6) is 0.155.